The van der Waals surface area contributed by atoms with Crippen molar-refractivity contribution in [3.63, 3.8) is 0 Å². The van der Waals surface area contributed by atoms with E-state index in [4.69, 9.17) is 4.42 Å². The molecule has 0 saturated heterocycles. The highest BCUT2D eigenvalue weighted by atomic mass is 32.2. The Morgan fingerprint density at radius 2 is 2.11 bits per heavy atom. The lowest BCUT2D eigenvalue weighted by Crippen LogP contribution is -2.25. The van der Waals surface area contributed by atoms with Gasteiger partial charge in [-0.25, -0.2) is 0 Å². The van der Waals surface area contributed by atoms with Gasteiger partial charge in [-0.05, 0) is 25.5 Å². The van der Waals surface area contributed by atoms with Gasteiger partial charge in [-0.3, -0.25) is 10.1 Å². The third kappa shape index (κ3) is 3.65. The molecule has 0 bridgehead atoms. The molecule has 3 heterocycles. The SMILES string of the molecule is CC[C@H](Sc1nnc(-c2cc3ccccc3o2)n1C)C(=O)Nc1nnc(C)s1. The highest BCUT2D eigenvalue weighted by Crippen LogP contribution is 2.31. The number of fused-ring (bicyclic) bond motifs is 1. The minimum atomic E-state index is -0.323. The summed E-state index contributed by atoms with van der Waals surface area (Å²) in [6.45, 7) is 3.80. The Bertz CT molecular complexity index is 1100. The number of carbonyl (C=O) groups excluding carboxylic acids is 1. The number of rotatable bonds is 6. The average molecular weight is 415 g/mol. The van der Waals surface area contributed by atoms with Crippen molar-refractivity contribution in [2.24, 2.45) is 7.05 Å². The molecule has 4 rings (SSSR count). The van der Waals surface area contributed by atoms with Crippen molar-refractivity contribution in [2.75, 3.05) is 5.32 Å². The first-order chi connectivity index (χ1) is 13.5. The van der Waals surface area contributed by atoms with Crippen LogP contribution in [0, 0.1) is 6.92 Å². The van der Waals surface area contributed by atoms with Crippen molar-refractivity contribution in [1.29, 1.82) is 0 Å². The molecule has 1 aromatic carbocycles. The lowest BCUT2D eigenvalue weighted by atomic mass is 10.2. The molecule has 0 fully saturated rings. The first-order valence-electron chi connectivity index (χ1n) is 8.71. The van der Waals surface area contributed by atoms with Crippen LogP contribution < -0.4 is 5.32 Å². The lowest BCUT2D eigenvalue weighted by molar-refractivity contribution is -0.115. The number of carbonyl (C=O) groups is 1. The number of aromatic nitrogens is 5. The quantitative estimate of drug-likeness (QED) is 0.478. The molecule has 28 heavy (non-hydrogen) atoms. The summed E-state index contributed by atoms with van der Waals surface area (Å²) in [7, 11) is 1.86. The monoisotopic (exact) mass is 414 g/mol. The fraction of sp³-hybridized carbons (Fsp3) is 0.278. The first-order valence-corrected chi connectivity index (χ1v) is 10.4. The van der Waals surface area contributed by atoms with E-state index in [9.17, 15) is 4.79 Å². The number of nitrogens with zero attached hydrogens (tertiary/aromatic N) is 5. The second-order valence-electron chi connectivity index (χ2n) is 6.14. The number of anilines is 1. The van der Waals surface area contributed by atoms with Crippen LogP contribution in [0.2, 0.25) is 0 Å². The minimum Gasteiger partial charge on any atom is -0.453 e. The molecule has 1 N–H and O–H groups in total. The van der Waals surface area contributed by atoms with E-state index in [1.54, 1.807) is 0 Å². The summed E-state index contributed by atoms with van der Waals surface area (Å²) < 4.78 is 7.72. The number of furan rings is 1. The van der Waals surface area contributed by atoms with E-state index in [-0.39, 0.29) is 11.2 Å². The van der Waals surface area contributed by atoms with Crippen LogP contribution in [0.1, 0.15) is 18.4 Å². The number of para-hydroxylation sites is 1. The van der Waals surface area contributed by atoms with Crippen molar-refractivity contribution in [1.82, 2.24) is 25.0 Å². The van der Waals surface area contributed by atoms with Gasteiger partial charge in [-0.2, -0.15) is 0 Å². The number of amides is 1. The Balaban J connectivity index is 1.53. The number of thioether (sulfide) groups is 1. The zero-order valence-electron chi connectivity index (χ0n) is 15.5. The first kappa shape index (κ1) is 18.6. The zero-order valence-corrected chi connectivity index (χ0v) is 17.2. The topological polar surface area (TPSA) is 98.7 Å². The molecule has 4 aromatic rings. The molecule has 0 spiro atoms. The Labute approximate surface area is 169 Å². The number of nitrogens with one attached hydrogen (secondary N) is 1. The molecule has 0 aliphatic rings. The van der Waals surface area contributed by atoms with Gasteiger partial charge in [0.1, 0.15) is 10.6 Å². The fourth-order valence-electron chi connectivity index (χ4n) is 2.71. The fourth-order valence-corrected chi connectivity index (χ4v) is 4.22. The highest BCUT2D eigenvalue weighted by molar-refractivity contribution is 8.00. The predicted molar refractivity (Wildman–Crippen MR) is 109 cm³/mol. The molecule has 0 unspecified atom stereocenters. The molecule has 144 valence electrons. The van der Waals surface area contributed by atoms with E-state index in [1.807, 2.05) is 55.8 Å². The number of hydrogen-bond donors (Lipinski definition) is 1. The van der Waals surface area contributed by atoms with Crippen LogP contribution in [0.25, 0.3) is 22.6 Å². The van der Waals surface area contributed by atoms with Crippen molar-refractivity contribution >= 4 is 45.1 Å². The van der Waals surface area contributed by atoms with Gasteiger partial charge < -0.3 is 8.98 Å². The average Bonchev–Trinajstić information content (AvgIpc) is 3.38. The zero-order chi connectivity index (χ0) is 19.7. The van der Waals surface area contributed by atoms with Crippen LogP contribution in [0.5, 0.6) is 0 Å². The molecule has 0 aliphatic carbocycles. The maximum Gasteiger partial charge on any atom is 0.239 e. The van der Waals surface area contributed by atoms with Crippen LogP contribution in [-0.2, 0) is 11.8 Å². The van der Waals surface area contributed by atoms with Gasteiger partial charge in [0, 0.05) is 12.4 Å². The van der Waals surface area contributed by atoms with Gasteiger partial charge in [0.25, 0.3) is 0 Å². The molecular formula is C18H18N6O2S2. The largest absolute Gasteiger partial charge is 0.453 e. The number of hydrogen-bond acceptors (Lipinski definition) is 8. The van der Waals surface area contributed by atoms with Crippen molar-refractivity contribution < 1.29 is 9.21 Å². The third-order valence-corrected chi connectivity index (χ3v) is 6.30. The molecule has 0 saturated carbocycles. The summed E-state index contributed by atoms with van der Waals surface area (Å²) in [6, 6.07) is 9.73. The third-order valence-electron chi connectivity index (χ3n) is 4.15. The Morgan fingerprint density at radius 1 is 1.29 bits per heavy atom. The van der Waals surface area contributed by atoms with E-state index in [2.05, 4.69) is 25.7 Å². The number of benzene rings is 1. The summed E-state index contributed by atoms with van der Waals surface area (Å²) >= 11 is 2.71. The Kier molecular flexibility index (Phi) is 5.14. The van der Waals surface area contributed by atoms with Crippen LogP contribution >= 0.6 is 23.1 Å². The molecular weight excluding hydrogens is 396 g/mol. The van der Waals surface area contributed by atoms with Gasteiger partial charge in [-0.15, -0.1) is 20.4 Å². The molecule has 10 heteroatoms. The van der Waals surface area contributed by atoms with Gasteiger partial charge in [0.2, 0.25) is 11.0 Å². The second-order valence-corrected chi connectivity index (χ2v) is 8.50. The molecule has 1 atom stereocenters. The van der Waals surface area contributed by atoms with Crippen molar-refractivity contribution in [3.8, 4) is 11.6 Å². The summed E-state index contributed by atoms with van der Waals surface area (Å²) in [5, 5.41) is 21.8. The second kappa shape index (κ2) is 7.72. The highest BCUT2D eigenvalue weighted by Gasteiger charge is 2.23. The van der Waals surface area contributed by atoms with Crippen LogP contribution in [-0.4, -0.2) is 36.1 Å². The van der Waals surface area contributed by atoms with Crippen molar-refractivity contribution in [2.45, 2.75) is 30.7 Å². The molecule has 3 aromatic heterocycles. The predicted octanol–water partition coefficient (Wildman–Crippen LogP) is 3.90. The molecule has 1 amide bonds. The summed E-state index contributed by atoms with van der Waals surface area (Å²) in [4.78, 5) is 12.6. The van der Waals surface area contributed by atoms with Crippen molar-refractivity contribution in [3.05, 3.63) is 35.3 Å². The lowest BCUT2D eigenvalue weighted by Gasteiger charge is -2.12. The maximum absolute atomic E-state index is 12.6. The summed E-state index contributed by atoms with van der Waals surface area (Å²) in [5.74, 6) is 1.13. The van der Waals surface area contributed by atoms with Crippen LogP contribution in [0.3, 0.4) is 0 Å². The van der Waals surface area contributed by atoms with E-state index in [0.29, 0.717) is 28.3 Å². The number of aryl methyl sites for hydroxylation is 1. The summed E-state index contributed by atoms with van der Waals surface area (Å²) in [5.41, 5.74) is 0.799. The van der Waals surface area contributed by atoms with Crippen LogP contribution in [0.15, 0.2) is 39.9 Å². The van der Waals surface area contributed by atoms with E-state index >= 15 is 0 Å². The van der Waals surface area contributed by atoms with E-state index in [1.165, 1.54) is 23.1 Å². The molecule has 8 nitrogen and oxygen atoms in total. The van der Waals surface area contributed by atoms with E-state index in [0.717, 1.165) is 16.0 Å². The minimum absolute atomic E-state index is 0.128. The van der Waals surface area contributed by atoms with Crippen LogP contribution in [0.4, 0.5) is 5.13 Å². The Hall–Kier alpha value is -2.72. The van der Waals surface area contributed by atoms with Gasteiger partial charge in [-0.1, -0.05) is 48.2 Å². The van der Waals surface area contributed by atoms with E-state index < -0.39 is 0 Å². The van der Waals surface area contributed by atoms with Gasteiger partial charge in [0.05, 0.1) is 5.25 Å². The normalized spacial score (nSPS) is 12.4. The van der Waals surface area contributed by atoms with Gasteiger partial charge in [0.15, 0.2) is 16.7 Å². The standard InChI is InChI=1S/C18H18N6O2S2/c1-4-14(16(25)19-17-22-20-10(2)27-17)28-18-23-21-15(24(18)3)13-9-11-7-5-6-8-12(11)26-13/h5-9,14H,4H2,1-3H3,(H,19,22,25)/t14-/m0/s1. The smallest absolute Gasteiger partial charge is 0.239 e. The summed E-state index contributed by atoms with van der Waals surface area (Å²) in [6.07, 6.45) is 0.640. The molecule has 0 radical (unpaired) electrons. The Morgan fingerprint density at radius 3 is 2.82 bits per heavy atom. The molecule has 0 aliphatic heterocycles. The maximum atomic E-state index is 12.6. The van der Waals surface area contributed by atoms with Gasteiger partial charge >= 0.3 is 0 Å².